The molecule has 0 aliphatic rings. The largest absolute Gasteiger partial charge is 0.508 e. The first-order chi connectivity index (χ1) is 7.00. The molecule has 0 aliphatic carbocycles. The van der Waals surface area contributed by atoms with Gasteiger partial charge in [-0.1, -0.05) is 18.3 Å². The van der Waals surface area contributed by atoms with Crippen LogP contribution < -0.4 is 5.73 Å². The van der Waals surface area contributed by atoms with Gasteiger partial charge in [0.15, 0.2) is 0 Å². The fraction of sp³-hybridized carbons (Fsp3) is 0.200. The van der Waals surface area contributed by atoms with E-state index in [-0.39, 0.29) is 23.2 Å². The van der Waals surface area contributed by atoms with Gasteiger partial charge in [-0.25, -0.2) is 0 Å². The summed E-state index contributed by atoms with van der Waals surface area (Å²) >= 11 is 4.70. The molecule has 0 aromatic heterocycles. The molecule has 1 aromatic rings. The SMILES string of the molecule is CN(CC(N)=S)C(=O)c1cccc(O)c1. The zero-order chi connectivity index (χ0) is 11.4. The van der Waals surface area contributed by atoms with Crippen LogP contribution in [-0.4, -0.2) is 34.5 Å². The van der Waals surface area contributed by atoms with E-state index in [1.807, 2.05) is 0 Å². The number of hydrogen-bond donors (Lipinski definition) is 2. The van der Waals surface area contributed by atoms with Crippen molar-refractivity contribution < 1.29 is 9.90 Å². The summed E-state index contributed by atoms with van der Waals surface area (Å²) in [5.41, 5.74) is 5.74. The van der Waals surface area contributed by atoms with Crippen LogP contribution >= 0.6 is 12.2 Å². The summed E-state index contributed by atoms with van der Waals surface area (Å²) in [4.78, 5) is 13.4. The first kappa shape index (κ1) is 11.5. The first-order valence-corrected chi connectivity index (χ1v) is 4.74. The number of hydrogen-bond acceptors (Lipinski definition) is 3. The predicted octanol–water partition coefficient (Wildman–Crippen LogP) is 0.750. The molecule has 0 heterocycles. The Morgan fingerprint density at radius 3 is 2.80 bits per heavy atom. The van der Waals surface area contributed by atoms with E-state index in [9.17, 15) is 9.90 Å². The lowest BCUT2D eigenvalue weighted by molar-refractivity contribution is 0.0814. The number of nitrogens with two attached hydrogens (primary N) is 1. The molecule has 15 heavy (non-hydrogen) atoms. The van der Waals surface area contributed by atoms with Gasteiger partial charge in [0, 0.05) is 12.6 Å². The number of carbonyl (C=O) groups is 1. The summed E-state index contributed by atoms with van der Waals surface area (Å²) in [5, 5.41) is 9.20. The number of amides is 1. The number of phenolic OH excluding ortho intramolecular Hbond substituents is 1. The number of thiocarbonyl (C=S) groups is 1. The minimum absolute atomic E-state index is 0.0598. The van der Waals surface area contributed by atoms with E-state index in [4.69, 9.17) is 18.0 Å². The van der Waals surface area contributed by atoms with Crippen LogP contribution in [0.4, 0.5) is 0 Å². The van der Waals surface area contributed by atoms with Crippen LogP contribution in [-0.2, 0) is 0 Å². The minimum atomic E-state index is -0.223. The van der Waals surface area contributed by atoms with E-state index in [0.717, 1.165) is 0 Å². The van der Waals surface area contributed by atoms with E-state index >= 15 is 0 Å². The second-order valence-corrected chi connectivity index (χ2v) is 3.70. The topological polar surface area (TPSA) is 66.6 Å². The van der Waals surface area contributed by atoms with Crippen LogP contribution in [0.2, 0.25) is 0 Å². The van der Waals surface area contributed by atoms with Gasteiger partial charge in [-0.05, 0) is 18.2 Å². The lowest BCUT2D eigenvalue weighted by Gasteiger charge is -2.16. The smallest absolute Gasteiger partial charge is 0.254 e. The highest BCUT2D eigenvalue weighted by atomic mass is 32.1. The average molecular weight is 224 g/mol. The van der Waals surface area contributed by atoms with Crippen molar-refractivity contribution in [3.8, 4) is 5.75 Å². The summed E-state index contributed by atoms with van der Waals surface area (Å²) in [6.07, 6.45) is 0. The lowest BCUT2D eigenvalue weighted by atomic mass is 10.2. The molecular weight excluding hydrogens is 212 g/mol. The number of phenols is 1. The van der Waals surface area contributed by atoms with Crippen molar-refractivity contribution in [1.82, 2.24) is 4.90 Å². The summed E-state index contributed by atoms with van der Waals surface area (Å²) in [6, 6.07) is 6.14. The monoisotopic (exact) mass is 224 g/mol. The fourth-order valence-corrected chi connectivity index (χ4v) is 1.36. The van der Waals surface area contributed by atoms with E-state index in [1.54, 1.807) is 19.2 Å². The molecule has 0 spiro atoms. The molecule has 0 aliphatic heterocycles. The second-order valence-electron chi connectivity index (χ2n) is 3.18. The zero-order valence-corrected chi connectivity index (χ0v) is 9.12. The van der Waals surface area contributed by atoms with Crippen molar-refractivity contribution in [2.75, 3.05) is 13.6 Å². The normalized spacial score (nSPS) is 9.67. The van der Waals surface area contributed by atoms with Gasteiger partial charge in [0.25, 0.3) is 5.91 Å². The van der Waals surface area contributed by atoms with Gasteiger partial charge in [-0.3, -0.25) is 4.79 Å². The second kappa shape index (κ2) is 4.75. The molecule has 0 unspecified atom stereocenters. The Kier molecular flexibility index (Phi) is 3.62. The van der Waals surface area contributed by atoms with Gasteiger partial charge in [-0.15, -0.1) is 0 Å². The summed E-state index contributed by atoms with van der Waals surface area (Å²) in [6.45, 7) is 0.226. The molecule has 1 aromatic carbocycles. The Bertz CT molecular complexity index is 393. The zero-order valence-electron chi connectivity index (χ0n) is 8.30. The van der Waals surface area contributed by atoms with Crippen LogP contribution in [0.5, 0.6) is 5.75 Å². The quantitative estimate of drug-likeness (QED) is 0.743. The summed E-state index contributed by atoms with van der Waals surface area (Å²) < 4.78 is 0. The maximum atomic E-state index is 11.7. The van der Waals surface area contributed by atoms with Crippen molar-refractivity contribution in [1.29, 1.82) is 0 Å². The average Bonchev–Trinajstić information content (AvgIpc) is 2.15. The van der Waals surface area contributed by atoms with Crippen LogP contribution in [0.25, 0.3) is 0 Å². The number of carbonyl (C=O) groups excluding carboxylic acids is 1. The molecule has 3 N–H and O–H groups in total. The van der Waals surface area contributed by atoms with Crippen LogP contribution in [0, 0.1) is 0 Å². The minimum Gasteiger partial charge on any atom is -0.508 e. The van der Waals surface area contributed by atoms with Crippen molar-refractivity contribution in [3.63, 3.8) is 0 Å². The molecular formula is C10H12N2O2S. The van der Waals surface area contributed by atoms with E-state index in [0.29, 0.717) is 5.56 Å². The third-order valence-electron chi connectivity index (χ3n) is 1.83. The summed E-state index contributed by atoms with van der Waals surface area (Å²) in [7, 11) is 1.60. The Labute approximate surface area is 93.3 Å². The summed E-state index contributed by atoms with van der Waals surface area (Å²) in [5.74, 6) is -0.164. The Balaban J connectivity index is 2.80. The molecule has 5 heteroatoms. The highest BCUT2D eigenvalue weighted by molar-refractivity contribution is 7.80. The maximum Gasteiger partial charge on any atom is 0.254 e. The van der Waals surface area contributed by atoms with Crippen molar-refractivity contribution in [2.24, 2.45) is 5.73 Å². The van der Waals surface area contributed by atoms with Crippen LogP contribution in [0.15, 0.2) is 24.3 Å². The van der Waals surface area contributed by atoms with Crippen molar-refractivity contribution in [2.45, 2.75) is 0 Å². The van der Waals surface area contributed by atoms with Crippen LogP contribution in [0.1, 0.15) is 10.4 Å². The molecule has 0 atom stereocenters. The number of likely N-dealkylation sites (N-methyl/N-ethyl adjacent to an activating group) is 1. The van der Waals surface area contributed by atoms with Crippen molar-refractivity contribution >= 4 is 23.1 Å². The molecule has 0 bridgehead atoms. The highest BCUT2D eigenvalue weighted by Crippen LogP contribution is 2.12. The standard InChI is InChI=1S/C10H12N2O2S/c1-12(6-9(11)15)10(14)7-3-2-4-8(13)5-7/h2-5,13H,6H2,1H3,(H2,11,15). The van der Waals surface area contributed by atoms with Crippen LogP contribution in [0.3, 0.4) is 0 Å². The van der Waals surface area contributed by atoms with Gasteiger partial charge < -0.3 is 15.7 Å². The third kappa shape index (κ3) is 3.21. The number of aromatic hydroxyl groups is 1. The number of nitrogens with zero attached hydrogens (tertiary/aromatic N) is 1. The predicted molar refractivity (Wildman–Crippen MR) is 61.9 cm³/mol. The van der Waals surface area contributed by atoms with Gasteiger partial charge in [0.2, 0.25) is 0 Å². The maximum absolute atomic E-state index is 11.7. The van der Waals surface area contributed by atoms with Gasteiger partial charge >= 0.3 is 0 Å². The van der Waals surface area contributed by atoms with E-state index in [2.05, 4.69) is 0 Å². The molecule has 1 rings (SSSR count). The molecule has 0 radical (unpaired) electrons. The Hall–Kier alpha value is -1.62. The van der Waals surface area contributed by atoms with Crippen molar-refractivity contribution in [3.05, 3.63) is 29.8 Å². The first-order valence-electron chi connectivity index (χ1n) is 4.33. The third-order valence-corrected chi connectivity index (χ3v) is 1.96. The molecule has 0 saturated carbocycles. The number of benzene rings is 1. The Morgan fingerprint density at radius 1 is 1.60 bits per heavy atom. The molecule has 1 amide bonds. The molecule has 80 valence electrons. The molecule has 0 fully saturated rings. The van der Waals surface area contributed by atoms with Gasteiger partial charge in [0.05, 0.1) is 11.5 Å². The fourth-order valence-electron chi connectivity index (χ4n) is 1.16. The lowest BCUT2D eigenvalue weighted by Crippen LogP contribution is -2.34. The Morgan fingerprint density at radius 2 is 2.27 bits per heavy atom. The molecule has 4 nitrogen and oxygen atoms in total. The van der Waals surface area contributed by atoms with Gasteiger partial charge in [-0.2, -0.15) is 0 Å². The van der Waals surface area contributed by atoms with E-state index < -0.39 is 0 Å². The number of rotatable bonds is 3. The van der Waals surface area contributed by atoms with E-state index in [1.165, 1.54) is 17.0 Å². The highest BCUT2D eigenvalue weighted by Gasteiger charge is 2.12. The molecule has 0 saturated heterocycles. The van der Waals surface area contributed by atoms with Gasteiger partial charge in [0.1, 0.15) is 5.75 Å².